The van der Waals surface area contributed by atoms with Gasteiger partial charge in [0.25, 0.3) is 0 Å². The van der Waals surface area contributed by atoms with Crippen LogP contribution in [0.4, 0.5) is 4.39 Å². The number of hydrogen-bond donors (Lipinski definition) is 1. The van der Waals surface area contributed by atoms with Crippen LogP contribution >= 0.6 is 0 Å². The fraction of sp³-hybridized carbons (Fsp3) is 0.286. The summed E-state index contributed by atoms with van der Waals surface area (Å²) in [5.41, 5.74) is 1.30. The molecule has 1 saturated heterocycles. The zero-order chi connectivity index (χ0) is 19.1. The van der Waals surface area contributed by atoms with E-state index in [1.54, 1.807) is 49.6 Å². The second kappa shape index (κ2) is 9.19. The van der Waals surface area contributed by atoms with Gasteiger partial charge in [0.15, 0.2) is 11.5 Å². The highest BCUT2D eigenvalue weighted by atomic mass is 19.1. The van der Waals surface area contributed by atoms with Crippen LogP contribution in [0.1, 0.15) is 11.1 Å². The first-order valence-electron chi connectivity index (χ1n) is 8.89. The Morgan fingerprint density at radius 1 is 1.19 bits per heavy atom. The zero-order valence-corrected chi connectivity index (χ0v) is 15.3. The summed E-state index contributed by atoms with van der Waals surface area (Å²) in [4.78, 5) is 14.0. The van der Waals surface area contributed by atoms with Crippen LogP contribution in [0.25, 0.3) is 6.08 Å². The molecule has 5 nitrogen and oxygen atoms in total. The summed E-state index contributed by atoms with van der Waals surface area (Å²) in [5, 5.41) is 3.22. The molecule has 2 aromatic rings. The van der Waals surface area contributed by atoms with E-state index in [-0.39, 0.29) is 18.3 Å². The summed E-state index contributed by atoms with van der Waals surface area (Å²) >= 11 is 0. The van der Waals surface area contributed by atoms with Gasteiger partial charge in [-0.25, -0.2) is 4.39 Å². The van der Waals surface area contributed by atoms with Gasteiger partial charge in [-0.2, -0.15) is 0 Å². The lowest BCUT2D eigenvalue weighted by Crippen LogP contribution is -2.45. The van der Waals surface area contributed by atoms with Gasteiger partial charge < -0.3 is 19.7 Å². The van der Waals surface area contributed by atoms with Crippen LogP contribution in [0.5, 0.6) is 11.5 Å². The Bertz CT molecular complexity index is 817. The molecule has 0 aliphatic carbocycles. The number of methoxy groups -OCH3 is 1. The maximum Gasteiger partial charge on any atom is 0.246 e. The van der Waals surface area contributed by atoms with Gasteiger partial charge in [-0.05, 0) is 29.8 Å². The minimum atomic E-state index is -0.303. The Balaban J connectivity index is 1.65. The highest BCUT2D eigenvalue weighted by Gasteiger charge is 2.13. The van der Waals surface area contributed by atoms with Crippen LogP contribution in [0.15, 0.2) is 48.5 Å². The molecule has 1 fully saturated rings. The predicted octanol–water partition coefficient (Wildman–Crippen LogP) is 2.86. The standard InChI is InChI=1S/C21H23FN2O3/c1-26-20-14-16(7-9-21(25)24-12-10-23-11-13-24)6-8-19(20)27-15-17-4-2-3-5-18(17)22/h2-9,14,23H,10-13,15H2,1H3/b9-7+. The average Bonchev–Trinajstić information content (AvgIpc) is 2.72. The minimum absolute atomic E-state index is 0.00431. The van der Waals surface area contributed by atoms with Gasteiger partial charge in [-0.3, -0.25) is 4.79 Å². The Morgan fingerprint density at radius 3 is 2.70 bits per heavy atom. The monoisotopic (exact) mass is 370 g/mol. The van der Waals surface area contributed by atoms with Gasteiger partial charge in [-0.15, -0.1) is 0 Å². The van der Waals surface area contributed by atoms with Crippen LogP contribution in [-0.4, -0.2) is 44.1 Å². The van der Waals surface area contributed by atoms with E-state index in [1.807, 2.05) is 11.0 Å². The van der Waals surface area contributed by atoms with Crippen molar-refractivity contribution >= 4 is 12.0 Å². The minimum Gasteiger partial charge on any atom is -0.493 e. The normalized spacial score (nSPS) is 14.4. The van der Waals surface area contributed by atoms with E-state index in [4.69, 9.17) is 9.47 Å². The number of carbonyl (C=O) groups excluding carboxylic acids is 1. The van der Waals surface area contributed by atoms with Crippen molar-refractivity contribution in [2.75, 3.05) is 33.3 Å². The Hall–Kier alpha value is -2.86. The highest BCUT2D eigenvalue weighted by molar-refractivity contribution is 5.92. The largest absolute Gasteiger partial charge is 0.493 e. The molecular formula is C21H23FN2O3. The Labute approximate surface area is 158 Å². The summed E-state index contributed by atoms with van der Waals surface area (Å²) in [6.45, 7) is 3.19. The van der Waals surface area contributed by atoms with E-state index in [0.717, 1.165) is 31.7 Å². The third-order valence-electron chi connectivity index (χ3n) is 4.38. The van der Waals surface area contributed by atoms with Gasteiger partial charge in [0.05, 0.1) is 7.11 Å². The van der Waals surface area contributed by atoms with Crippen LogP contribution in [0.2, 0.25) is 0 Å². The van der Waals surface area contributed by atoms with E-state index >= 15 is 0 Å². The molecule has 0 spiro atoms. The number of ether oxygens (including phenoxy) is 2. The second-order valence-corrected chi connectivity index (χ2v) is 6.20. The lowest BCUT2D eigenvalue weighted by atomic mass is 10.1. The van der Waals surface area contributed by atoms with Gasteiger partial charge >= 0.3 is 0 Å². The summed E-state index contributed by atoms with van der Waals surface area (Å²) in [7, 11) is 1.55. The predicted molar refractivity (Wildman–Crippen MR) is 102 cm³/mol. The summed E-state index contributed by atoms with van der Waals surface area (Å²) in [6, 6.07) is 11.9. The molecule has 142 valence electrons. The third kappa shape index (κ3) is 5.08. The lowest BCUT2D eigenvalue weighted by Gasteiger charge is -2.26. The van der Waals surface area contributed by atoms with Crippen molar-refractivity contribution in [2.45, 2.75) is 6.61 Å². The molecule has 0 aromatic heterocycles. The summed E-state index contributed by atoms with van der Waals surface area (Å²) in [6.07, 6.45) is 3.33. The molecule has 0 bridgehead atoms. The molecule has 3 rings (SSSR count). The first-order chi connectivity index (χ1) is 13.2. The van der Waals surface area contributed by atoms with Crippen molar-refractivity contribution in [3.05, 3.63) is 65.5 Å². The number of benzene rings is 2. The fourth-order valence-corrected chi connectivity index (χ4v) is 2.84. The third-order valence-corrected chi connectivity index (χ3v) is 4.38. The first-order valence-corrected chi connectivity index (χ1v) is 8.89. The Morgan fingerprint density at radius 2 is 1.96 bits per heavy atom. The molecule has 0 radical (unpaired) electrons. The number of nitrogens with zero attached hydrogens (tertiary/aromatic N) is 1. The average molecular weight is 370 g/mol. The number of carbonyl (C=O) groups is 1. The molecule has 0 saturated carbocycles. The SMILES string of the molecule is COc1cc(/C=C/C(=O)N2CCNCC2)ccc1OCc1ccccc1F. The van der Waals surface area contributed by atoms with Crippen molar-refractivity contribution in [3.63, 3.8) is 0 Å². The summed E-state index contributed by atoms with van der Waals surface area (Å²) in [5.74, 6) is 0.743. The van der Waals surface area contributed by atoms with E-state index in [9.17, 15) is 9.18 Å². The maximum atomic E-state index is 13.7. The Kier molecular flexibility index (Phi) is 6.44. The number of rotatable bonds is 6. The lowest BCUT2D eigenvalue weighted by molar-refractivity contribution is -0.126. The van der Waals surface area contributed by atoms with Crippen molar-refractivity contribution in [1.29, 1.82) is 0 Å². The molecule has 0 unspecified atom stereocenters. The first kappa shape index (κ1) is 18.9. The highest BCUT2D eigenvalue weighted by Crippen LogP contribution is 2.29. The van der Waals surface area contributed by atoms with Gasteiger partial charge in [0.2, 0.25) is 5.91 Å². The van der Waals surface area contributed by atoms with Crippen molar-refractivity contribution in [3.8, 4) is 11.5 Å². The van der Waals surface area contributed by atoms with Gasteiger partial charge in [0, 0.05) is 37.8 Å². The van der Waals surface area contributed by atoms with Crippen molar-refractivity contribution in [2.24, 2.45) is 0 Å². The molecular weight excluding hydrogens is 347 g/mol. The van der Waals surface area contributed by atoms with E-state index < -0.39 is 0 Å². The number of nitrogens with one attached hydrogen (secondary N) is 1. The van der Waals surface area contributed by atoms with Crippen molar-refractivity contribution < 1.29 is 18.7 Å². The van der Waals surface area contributed by atoms with Gasteiger partial charge in [0.1, 0.15) is 12.4 Å². The number of hydrogen-bond acceptors (Lipinski definition) is 4. The number of piperazine rings is 1. The topological polar surface area (TPSA) is 50.8 Å². The van der Waals surface area contributed by atoms with E-state index in [0.29, 0.717) is 17.1 Å². The van der Waals surface area contributed by atoms with Crippen LogP contribution < -0.4 is 14.8 Å². The fourth-order valence-electron chi connectivity index (χ4n) is 2.84. The molecule has 27 heavy (non-hydrogen) atoms. The van der Waals surface area contributed by atoms with E-state index in [1.165, 1.54) is 6.07 Å². The van der Waals surface area contributed by atoms with Crippen LogP contribution in [0, 0.1) is 5.82 Å². The molecule has 1 N–H and O–H groups in total. The molecule has 0 atom stereocenters. The van der Waals surface area contributed by atoms with Crippen LogP contribution in [-0.2, 0) is 11.4 Å². The molecule has 1 aliphatic heterocycles. The van der Waals surface area contributed by atoms with Crippen LogP contribution in [0.3, 0.4) is 0 Å². The summed E-state index contributed by atoms with van der Waals surface area (Å²) < 4.78 is 24.8. The second-order valence-electron chi connectivity index (χ2n) is 6.20. The molecule has 2 aromatic carbocycles. The molecule has 1 amide bonds. The molecule has 6 heteroatoms. The number of halogens is 1. The van der Waals surface area contributed by atoms with Crippen molar-refractivity contribution in [1.82, 2.24) is 10.2 Å². The zero-order valence-electron chi connectivity index (χ0n) is 15.3. The number of amides is 1. The maximum absolute atomic E-state index is 13.7. The molecule has 1 heterocycles. The van der Waals surface area contributed by atoms with E-state index in [2.05, 4.69) is 5.32 Å². The molecule has 1 aliphatic rings. The van der Waals surface area contributed by atoms with Gasteiger partial charge in [-0.1, -0.05) is 24.3 Å². The smallest absolute Gasteiger partial charge is 0.246 e. The quantitative estimate of drug-likeness (QED) is 0.795.